The second-order valence-corrected chi connectivity index (χ2v) is 4.43. The average Bonchev–Trinajstić information content (AvgIpc) is 2.43. The standard InChI is InChI=1S/C15H25NO2/c1-4-13-5-7-14(8-6-13)11-15(16-2)12-18-10-9-17-3/h5-8,15-16H,4,9-12H2,1-3H3. The zero-order valence-electron chi connectivity index (χ0n) is 11.7. The van der Waals surface area contributed by atoms with Gasteiger partial charge in [-0.05, 0) is 31.0 Å². The number of benzene rings is 1. The lowest BCUT2D eigenvalue weighted by atomic mass is 10.0. The van der Waals surface area contributed by atoms with Gasteiger partial charge in [0.2, 0.25) is 0 Å². The van der Waals surface area contributed by atoms with Crippen LogP contribution in [0.25, 0.3) is 0 Å². The first-order chi connectivity index (χ1) is 8.80. The lowest BCUT2D eigenvalue weighted by Crippen LogP contribution is -2.33. The minimum atomic E-state index is 0.356. The lowest BCUT2D eigenvalue weighted by molar-refractivity contribution is 0.0598. The Kier molecular flexibility index (Phi) is 7.65. The minimum absolute atomic E-state index is 0.356. The van der Waals surface area contributed by atoms with Gasteiger partial charge in [0, 0.05) is 13.2 Å². The number of aryl methyl sites for hydroxylation is 1. The van der Waals surface area contributed by atoms with Crippen LogP contribution in [0.3, 0.4) is 0 Å². The van der Waals surface area contributed by atoms with Crippen LogP contribution in [-0.2, 0) is 22.3 Å². The van der Waals surface area contributed by atoms with Crippen LogP contribution < -0.4 is 5.32 Å². The van der Waals surface area contributed by atoms with Crippen molar-refractivity contribution in [2.45, 2.75) is 25.8 Å². The second kappa shape index (κ2) is 9.09. The topological polar surface area (TPSA) is 30.5 Å². The quantitative estimate of drug-likeness (QED) is 0.681. The zero-order chi connectivity index (χ0) is 13.2. The van der Waals surface area contributed by atoms with Crippen LogP contribution in [0.1, 0.15) is 18.1 Å². The van der Waals surface area contributed by atoms with E-state index in [1.54, 1.807) is 7.11 Å². The molecule has 3 nitrogen and oxygen atoms in total. The Bertz CT molecular complexity index is 311. The van der Waals surface area contributed by atoms with Gasteiger partial charge in [-0.3, -0.25) is 0 Å². The van der Waals surface area contributed by atoms with E-state index in [4.69, 9.17) is 9.47 Å². The van der Waals surface area contributed by atoms with Crippen LogP contribution in [0.4, 0.5) is 0 Å². The number of rotatable bonds is 9. The van der Waals surface area contributed by atoms with E-state index < -0.39 is 0 Å². The number of likely N-dealkylation sites (N-methyl/N-ethyl adjacent to an activating group) is 1. The van der Waals surface area contributed by atoms with Crippen LogP contribution in [-0.4, -0.2) is 40.0 Å². The molecule has 3 heteroatoms. The van der Waals surface area contributed by atoms with E-state index in [0.29, 0.717) is 19.3 Å². The number of hydrogen-bond acceptors (Lipinski definition) is 3. The van der Waals surface area contributed by atoms with Crippen LogP contribution >= 0.6 is 0 Å². The highest BCUT2D eigenvalue weighted by molar-refractivity contribution is 5.23. The molecule has 0 saturated heterocycles. The molecule has 1 aromatic carbocycles. The molecule has 1 atom stereocenters. The van der Waals surface area contributed by atoms with Gasteiger partial charge in [0.25, 0.3) is 0 Å². The highest BCUT2D eigenvalue weighted by atomic mass is 16.5. The molecule has 102 valence electrons. The SMILES string of the molecule is CCc1ccc(CC(COCCOC)NC)cc1. The van der Waals surface area contributed by atoms with Crippen molar-refractivity contribution in [2.75, 3.05) is 34.0 Å². The predicted octanol–water partition coefficient (Wildman–Crippen LogP) is 2.04. The molecule has 1 rings (SSSR count). The first kappa shape index (κ1) is 15.2. The Morgan fingerprint density at radius 3 is 2.33 bits per heavy atom. The van der Waals surface area contributed by atoms with Crippen LogP contribution in [0.2, 0.25) is 0 Å². The summed E-state index contributed by atoms with van der Waals surface area (Å²) < 4.78 is 10.5. The Morgan fingerprint density at radius 2 is 1.78 bits per heavy atom. The molecule has 0 spiro atoms. The van der Waals surface area contributed by atoms with Gasteiger partial charge >= 0.3 is 0 Å². The maximum atomic E-state index is 5.56. The maximum absolute atomic E-state index is 5.56. The highest BCUT2D eigenvalue weighted by Crippen LogP contribution is 2.07. The van der Waals surface area contributed by atoms with E-state index in [2.05, 4.69) is 36.5 Å². The summed E-state index contributed by atoms with van der Waals surface area (Å²) in [5, 5.41) is 3.29. The summed E-state index contributed by atoms with van der Waals surface area (Å²) >= 11 is 0. The van der Waals surface area contributed by atoms with Gasteiger partial charge in [-0.2, -0.15) is 0 Å². The van der Waals surface area contributed by atoms with Crippen molar-refractivity contribution in [1.82, 2.24) is 5.32 Å². The third-order valence-corrected chi connectivity index (χ3v) is 3.07. The van der Waals surface area contributed by atoms with E-state index in [0.717, 1.165) is 19.4 Å². The average molecular weight is 251 g/mol. The molecule has 0 radical (unpaired) electrons. The molecular formula is C15H25NO2. The summed E-state index contributed by atoms with van der Waals surface area (Å²) in [5.74, 6) is 0. The zero-order valence-corrected chi connectivity index (χ0v) is 11.7. The van der Waals surface area contributed by atoms with E-state index in [1.807, 2.05) is 7.05 Å². The third-order valence-electron chi connectivity index (χ3n) is 3.07. The van der Waals surface area contributed by atoms with Crippen molar-refractivity contribution < 1.29 is 9.47 Å². The van der Waals surface area contributed by atoms with E-state index in [-0.39, 0.29) is 0 Å². The fourth-order valence-electron chi connectivity index (χ4n) is 1.81. The third kappa shape index (κ3) is 5.63. The molecule has 0 heterocycles. The largest absolute Gasteiger partial charge is 0.382 e. The van der Waals surface area contributed by atoms with Crippen molar-refractivity contribution in [3.63, 3.8) is 0 Å². The van der Waals surface area contributed by atoms with Crippen LogP contribution in [0.5, 0.6) is 0 Å². The van der Waals surface area contributed by atoms with Crippen LogP contribution in [0, 0.1) is 0 Å². The molecule has 0 aromatic heterocycles. The lowest BCUT2D eigenvalue weighted by Gasteiger charge is -2.16. The van der Waals surface area contributed by atoms with E-state index in [9.17, 15) is 0 Å². The summed E-state index contributed by atoms with van der Waals surface area (Å²) in [4.78, 5) is 0. The normalized spacial score (nSPS) is 12.6. The Balaban J connectivity index is 2.36. The summed E-state index contributed by atoms with van der Waals surface area (Å²) in [5.41, 5.74) is 2.73. The molecule has 0 aliphatic heterocycles. The molecule has 1 aromatic rings. The Labute approximate surface area is 110 Å². The summed E-state index contributed by atoms with van der Waals surface area (Å²) in [6.07, 6.45) is 2.09. The van der Waals surface area contributed by atoms with Gasteiger partial charge in [0.1, 0.15) is 0 Å². The number of hydrogen-bond donors (Lipinski definition) is 1. The molecule has 0 fully saturated rings. The van der Waals surface area contributed by atoms with Crippen molar-refractivity contribution in [3.8, 4) is 0 Å². The van der Waals surface area contributed by atoms with Gasteiger partial charge in [-0.1, -0.05) is 31.2 Å². The van der Waals surface area contributed by atoms with E-state index in [1.165, 1.54) is 11.1 Å². The number of nitrogens with one attached hydrogen (secondary N) is 1. The molecule has 0 bridgehead atoms. The monoisotopic (exact) mass is 251 g/mol. The van der Waals surface area contributed by atoms with Gasteiger partial charge < -0.3 is 14.8 Å². The Morgan fingerprint density at radius 1 is 1.11 bits per heavy atom. The summed E-state index contributed by atoms with van der Waals surface area (Å²) in [6.45, 7) is 4.20. The molecule has 1 unspecified atom stereocenters. The predicted molar refractivity (Wildman–Crippen MR) is 75.1 cm³/mol. The molecule has 0 aliphatic rings. The van der Waals surface area contributed by atoms with Crippen LogP contribution in [0.15, 0.2) is 24.3 Å². The highest BCUT2D eigenvalue weighted by Gasteiger charge is 2.07. The molecular weight excluding hydrogens is 226 g/mol. The molecule has 0 aliphatic carbocycles. The number of methoxy groups -OCH3 is 1. The van der Waals surface area contributed by atoms with Gasteiger partial charge in [0.15, 0.2) is 0 Å². The molecule has 0 saturated carbocycles. The minimum Gasteiger partial charge on any atom is -0.382 e. The second-order valence-electron chi connectivity index (χ2n) is 4.43. The van der Waals surface area contributed by atoms with Crippen molar-refractivity contribution in [3.05, 3.63) is 35.4 Å². The first-order valence-corrected chi connectivity index (χ1v) is 6.62. The smallest absolute Gasteiger partial charge is 0.0701 e. The van der Waals surface area contributed by atoms with E-state index >= 15 is 0 Å². The van der Waals surface area contributed by atoms with Crippen molar-refractivity contribution in [1.29, 1.82) is 0 Å². The Hall–Kier alpha value is -0.900. The fourth-order valence-corrected chi connectivity index (χ4v) is 1.81. The van der Waals surface area contributed by atoms with Crippen molar-refractivity contribution >= 4 is 0 Å². The molecule has 18 heavy (non-hydrogen) atoms. The molecule has 0 amide bonds. The van der Waals surface area contributed by atoms with Crippen molar-refractivity contribution in [2.24, 2.45) is 0 Å². The maximum Gasteiger partial charge on any atom is 0.0701 e. The summed E-state index contributed by atoms with van der Waals surface area (Å²) in [6, 6.07) is 9.17. The van der Waals surface area contributed by atoms with Gasteiger partial charge in [0.05, 0.1) is 19.8 Å². The molecule has 1 N–H and O–H groups in total. The fraction of sp³-hybridized carbons (Fsp3) is 0.600. The summed E-state index contributed by atoms with van der Waals surface area (Å²) in [7, 11) is 3.67. The first-order valence-electron chi connectivity index (χ1n) is 6.62. The van der Waals surface area contributed by atoms with Gasteiger partial charge in [-0.25, -0.2) is 0 Å². The van der Waals surface area contributed by atoms with Gasteiger partial charge in [-0.15, -0.1) is 0 Å². The number of ether oxygens (including phenoxy) is 2.